The molecule has 0 atom stereocenters. The van der Waals surface area contributed by atoms with Gasteiger partial charge >= 0.3 is 0 Å². The summed E-state index contributed by atoms with van der Waals surface area (Å²) in [5, 5.41) is 3.89. The maximum atomic E-state index is 13.2. The van der Waals surface area contributed by atoms with Gasteiger partial charge in [-0.05, 0) is 79.9 Å². The van der Waals surface area contributed by atoms with E-state index in [2.05, 4.69) is 5.32 Å². The van der Waals surface area contributed by atoms with Crippen molar-refractivity contribution in [3.8, 4) is 11.5 Å². The van der Waals surface area contributed by atoms with Crippen LogP contribution < -0.4 is 19.7 Å². The van der Waals surface area contributed by atoms with Gasteiger partial charge < -0.3 is 14.8 Å². The first-order valence-corrected chi connectivity index (χ1v) is 13.6. The van der Waals surface area contributed by atoms with Crippen molar-refractivity contribution in [1.82, 2.24) is 0 Å². The summed E-state index contributed by atoms with van der Waals surface area (Å²) in [6.45, 7) is 5.80. The molecule has 196 valence electrons. The molecular formula is C28H24Cl2N2O4S2. The monoisotopic (exact) mass is 586 g/mol. The standard InChI is InChI=1S/C28H24Cl2N2O4S2/c1-4-35-24-11-18(7-10-23(24)36-15-26(33)31-22-13-19(29)8-5-17(22)3)12-25-27(34)32(28(37)38-25)20-9-6-16(2)21(30)14-20/h5-14H,4,15H2,1-3H3,(H,31,33)/b25-12-. The Hall–Kier alpha value is -3.04. The number of benzene rings is 3. The highest BCUT2D eigenvalue weighted by Crippen LogP contribution is 2.38. The topological polar surface area (TPSA) is 67.9 Å². The van der Waals surface area contributed by atoms with Gasteiger partial charge in [-0.1, -0.05) is 65.4 Å². The maximum absolute atomic E-state index is 13.2. The van der Waals surface area contributed by atoms with E-state index in [0.717, 1.165) is 16.7 Å². The Morgan fingerprint density at radius 1 is 1.03 bits per heavy atom. The lowest BCUT2D eigenvalue weighted by atomic mass is 10.1. The van der Waals surface area contributed by atoms with Crippen LogP contribution in [0.3, 0.4) is 0 Å². The van der Waals surface area contributed by atoms with Crippen LogP contribution in [0.1, 0.15) is 23.6 Å². The Bertz CT molecular complexity index is 1460. The maximum Gasteiger partial charge on any atom is 0.270 e. The molecule has 1 aliphatic rings. The third-order valence-electron chi connectivity index (χ3n) is 5.61. The summed E-state index contributed by atoms with van der Waals surface area (Å²) in [5.74, 6) is 0.297. The van der Waals surface area contributed by atoms with Crippen molar-refractivity contribution in [1.29, 1.82) is 0 Å². The van der Waals surface area contributed by atoms with Crippen LogP contribution in [-0.4, -0.2) is 29.3 Å². The number of ether oxygens (including phenoxy) is 2. The van der Waals surface area contributed by atoms with Crippen LogP contribution in [0.2, 0.25) is 10.0 Å². The highest BCUT2D eigenvalue weighted by atomic mass is 35.5. The molecule has 0 aromatic heterocycles. The van der Waals surface area contributed by atoms with E-state index in [4.69, 9.17) is 44.9 Å². The van der Waals surface area contributed by atoms with Gasteiger partial charge in [0, 0.05) is 15.7 Å². The van der Waals surface area contributed by atoms with Gasteiger partial charge in [-0.3, -0.25) is 14.5 Å². The predicted octanol–water partition coefficient (Wildman–Crippen LogP) is 7.43. The van der Waals surface area contributed by atoms with Crippen LogP contribution in [0.5, 0.6) is 11.5 Å². The van der Waals surface area contributed by atoms with E-state index in [9.17, 15) is 9.59 Å². The summed E-state index contributed by atoms with van der Waals surface area (Å²) in [5.41, 5.74) is 3.77. The second-order valence-corrected chi connectivity index (χ2v) is 10.9. The molecule has 10 heteroatoms. The highest BCUT2D eigenvalue weighted by Gasteiger charge is 2.33. The van der Waals surface area contributed by atoms with E-state index >= 15 is 0 Å². The molecule has 0 radical (unpaired) electrons. The molecular weight excluding hydrogens is 563 g/mol. The van der Waals surface area contributed by atoms with Crippen molar-refractivity contribution in [3.05, 3.63) is 86.2 Å². The summed E-state index contributed by atoms with van der Waals surface area (Å²) >= 11 is 19.0. The van der Waals surface area contributed by atoms with E-state index in [1.165, 1.54) is 16.7 Å². The predicted molar refractivity (Wildman–Crippen MR) is 160 cm³/mol. The molecule has 0 bridgehead atoms. The summed E-state index contributed by atoms with van der Waals surface area (Å²) in [4.78, 5) is 27.6. The third-order valence-corrected chi connectivity index (χ3v) is 7.55. The molecule has 0 aliphatic carbocycles. The lowest BCUT2D eigenvalue weighted by molar-refractivity contribution is -0.118. The second kappa shape index (κ2) is 12.2. The van der Waals surface area contributed by atoms with Crippen molar-refractivity contribution in [2.24, 2.45) is 0 Å². The van der Waals surface area contributed by atoms with Crippen LogP contribution >= 0.6 is 47.2 Å². The number of nitrogens with one attached hydrogen (secondary N) is 1. The fourth-order valence-electron chi connectivity index (χ4n) is 3.62. The molecule has 1 heterocycles. The zero-order valence-electron chi connectivity index (χ0n) is 20.8. The second-order valence-electron chi connectivity index (χ2n) is 8.39. The zero-order chi connectivity index (χ0) is 27.4. The largest absolute Gasteiger partial charge is 0.490 e. The Labute approximate surface area is 240 Å². The van der Waals surface area contributed by atoms with Gasteiger partial charge in [0.1, 0.15) is 0 Å². The van der Waals surface area contributed by atoms with Gasteiger partial charge in [0.15, 0.2) is 22.4 Å². The number of carbonyl (C=O) groups excluding carboxylic acids is 2. The van der Waals surface area contributed by atoms with Crippen molar-refractivity contribution >= 4 is 80.8 Å². The molecule has 38 heavy (non-hydrogen) atoms. The number of thiocarbonyl (C=S) groups is 1. The molecule has 6 nitrogen and oxygen atoms in total. The normalized spacial score (nSPS) is 14.2. The average molecular weight is 588 g/mol. The number of hydrogen-bond acceptors (Lipinski definition) is 6. The lowest BCUT2D eigenvalue weighted by Crippen LogP contribution is -2.27. The Balaban J connectivity index is 1.49. The lowest BCUT2D eigenvalue weighted by Gasteiger charge is -2.15. The molecule has 3 aromatic carbocycles. The molecule has 0 saturated carbocycles. The van der Waals surface area contributed by atoms with Gasteiger partial charge in [0.05, 0.1) is 17.2 Å². The zero-order valence-corrected chi connectivity index (χ0v) is 24.0. The minimum atomic E-state index is -0.332. The fraction of sp³-hybridized carbons (Fsp3) is 0.179. The van der Waals surface area contributed by atoms with Crippen LogP contribution in [-0.2, 0) is 9.59 Å². The highest BCUT2D eigenvalue weighted by molar-refractivity contribution is 8.27. The molecule has 3 aromatic rings. The number of hydrogen-bond donors (Lipinski definition) is 1. The van der Waals surface area contributed by atoms with Gasteiger partial charge in [-0.25, -0.2) is 0 Å². The number of halogens is 2. The van der Waals surface area contributed by atoms with Gasteiger partial charge in [0.2, 0.25) is 0 Å². The van der Waals surface area contributed by atoms with Crippen molar-refractivity contribution in [2.45, 2.75) is 20.8 Å². The minimum absolute atomic E-state index is 0.219. The molecule has 0 unspecified atom stereocenters. The van der Waals surface area contributed by atoms with Gasteiger partial charge in [-0.2, -0.15) is 0 Å². The number of carbonyl (C=O) groups is 2. The summed E-state index contributed by atoms with van der Waals surface area (Å²) in [7, 11) is 0. The number of rotatable bonds is 8. The Morgan fingerprint density at radius 2 is 1.79 bits per heavy atom. The fourth-order valence-corrected chi connectivity index (χ4v) is 5.27. The van der Waals surface area contributed by atoms with E-state index < -0.39 is 0 Å². The Morgan fingerprint density at radius 3 is 2.53 bits per heavy atom. The summed E-state index contributed by atoms with van der Waals surface area (Å²) < 4.78 is 11.9. The molecule has 2 amide bonds. The smallest absolute Gasteiger partial charge is 0.270 e. The Kier molecular flexibility index (Phi) is 8.99. The van der Waals surface area contributed by atoms with Crippen molar-refractivity contribution in [2.75, 3.05) is 23.4 Å². The van der Waals surface area contributed by atoms with E-state index in [-0.39, 0.29) is 18.4 Å². The quantitative estimate of drug-likeness (QED) is 0.218. The number of anilines is 2. The van der Waals surface area contributed by atoms with Crippen molar-refractivity contribution in [3.63, 3.8) is 0 Å². The van der Waals surface area contributed by atoms with Gasteiger partial charge in [0.25, 0.3) is 11.8 Å². The third kappa shape index (κ3) is 6.50. The molecule has 4 rings (SSSR count). The molecule has 1 N–H and O–H groups in total. The molecule has 1 fully saturated rings. The molecule has 0 spiro atoms. The minimum Gasteiger partial charge on any atom is -0.490 e. The first-order chi connectivity index (χ1) is 18.2. The summed E-state index contributed by atoms with van der Waals surface area (Å²) in [6.07, 6.45) is 1.75. The molecule has 1 saturated heterocycles. The van der Waals surface area contributed by atoms with Gasteiger partial charge in [-0.15, -0.1) is 0 Å². The van der Waals surface area contributed by atoms with Crippen LogP contribution in [0.4, 0.5) is 11.4 Å². The average Bonchev–Trinajstić information content (AvgIpc) is 3.15. The number of nitrogens with zero attached hydrogens (tertiary/aromatic N) is 1. The number of aryl methyl sites for hydroxylation is 2. The number of thioether (sulfide) groups is 1. The molecule has 1 aliphatic heterocycles. The van der Waals surface area contributed by atoms with Crippen molar-refractivity contribution < 1.29 is 19.1 Å². The van der Waals surface area contributed by atoms with Crippen LogP contribution in [0.15, 0.2) is 59.5 Å². The van der Waals surface area contributed by atoms with Crippen LogP contribution in [0.25, 0.3) is 6.08 Å². The van der Waals surface area contributed by atoms with Crippen LogP contribution in [0, 0.1) is 13.8 Å². The van der Waals surface area contributed by atoms with E-state index in [1.54, 1.807) is 42.5 Å². The van der Waals surface area contributed by atoms with E-state index in [0.29, 0.717) is 48.8 Å². The van der Waals surface area contributed by atoms with E-state index in [1.807, 2.05) is 39.0 Å². The first kappa shape index (κ1) is 28.0. The first-order valence-electron chi connectivity index (χ1n) is 11.7. The SMILES string of the molecule is CCOc1cc(/C=C2\SC(=S)N(c3ccc(C)c(Cl)c3)C2=O)ccc1OCC(=O)Nc1cc(Cl)ccc1C. The summed E-state index contributed by atoms with van der Waals surface area (Å²) in [6, 6.07) is 15.9. The number of amides is 2.